The number of benzene rings is 3. The summed E-state index contributed by atoms with van der Waals surface area (Å²) in [5.74, 6) is 0. The van der Waals surface area contributed by atoms with Crippen LogP contribution < -0.4 is 0 Å². The molecular weight excluding hydrogens is 417 g/mol. The van der Waals surface area contributed by atoms with E-state index in [1.54, 1.807) is 0 Å². The SMILES string of the molecule is CCC(=CI)c1cccc2c1[nH]c1c3c(ccc12)Cc1ccccc1-3. The number of nitrogens with one attached hydrogen (secondary N) is 1. The lowest BCUT2D eigenvalue weighted by atomic mass is 10.00. The first-order chi connectivity index (χ1) is 12.3. The molecule has 5 rings (SSSR count). The highest BCUT2D eigenvalue weighted by atomic mass is 127. The van der Waals surface area contributed by atoms with E-state index in [1.165, 1.54) is 55.2 Å². The van der Waals surface area contributed by atoms with Gasteiger partial charge in [-0.15, -0.1) is 0 Å². The van der Waals surface area contributed by atoms with Crippen LogP contribution >= 0.6 is 22.6 Å². The second kappa shape index (κ2) is 5.73. The number of rotatable bonds is 2. The number of aromatic nitrogens is 1. The first-order valence-electron chi connectivity index (χ1n) is 8.76. The molecule has 1 aliphatic carbocycles. The molecule has 0 aliphatic heterocycles. The van der Waals surface area contributed by atoms with Gasteiger partial charge in [0.05, 0.1) is 11.0 Å². The van der Waals surface area contributed by atoms with Crippen molar-refractivity contribution in [2.24, 2.45) is 0 Å². The number of hydrogen-bond donors (Lipinski definition) is 1. The van der Waals surface area contributed by atoms with E-state index in [1.807, 2.05) is 0 Å². The molecule has 0 unspecified atom stereocenters. The van der Waals surface area contributed by atoms with Crippen LogP contribution in [0.15, 0.2) is 58.7 Å². The number of fused-ring (bicyclic) bond motifs is 7. The van der Waals surface area contributed by atoms with Crippen LogP contribution in [0.25, 0.3) is 38.5 Å². The fourth-order valence-electron chi connectivity index (χ4n) is 4.21. The lowest BCUT2D eigenvalue weighted by molar-refractivity contribution is 1.25. The highest BCUT2D eigenvalue weighted by Gasteiger charge is 2.22. The maximum absolute atomic E-state index is 3.79. The fourth-order valence-corrected chi connectivity index (χ4v) is 4.98. The van der Waals surface area contributed by atoms with Gasteiger partial charge in [-0.2, -0.15) is 0 Å². The fraction of sp³-hybridized carbons (Fsp3) is 0.130. The van der Waals surface area contributed by atoms with Crippen LogP contribution in [0.3, 0.4) is 0 Å². The van der Waals surface area contributed by atoms with Gasteiger partial charge in [0.15, 0.2) is 0 Å². The number of aromatic amines is 1. The normalized spacial score (nSPS) is 13.4. The lowest BCUT2D eigenvalue weighted by Gasteiger charge is -2.05. The predicted octanol–water partition coefficient (Wildman–Crippen LogP) is 7.08. The zero-order chi connectivity index (χ0) is 17.0. The average molecular weight is 435 g/mol. The van der Waals surface area contributed by atoms with Crippen molar-refractivity contribution in [1.29, 1.82) is 0 Å². The Bertz CT molecular complexity index is 1160. The predicted molar refractivity (Wildman–Crippen MR) is 116 cm³/mol. The molecule has 1 aromatic heterocycles. The molecule has 1 heterocycles. The maximum atomic E-state index is 3.79. The number of allylic oxidation sites excluding steroid dienone is 1. The van der Waals surface area contributed by atoms with Gasteiger partial charge in [0.1, 0.15) is 0 Å². The van der Waals surface area contributed by atoms with E-state index in [9.17, 15) is 0 Å². The minimum absolute atomic E-state index is 1.04. The number of para-hydroxylation sites is 1. The van der Waals surface area contributed by atoms with Gasteiger partial charge in [-0.25, -0.2) is 0 Å². The standard InChI is InChI=1S/C23H18IN/c1-2-14(13-24)18-8-5-9-19-20-11-10-16-12-15-6-3-4-7-17(15)21(16)23(20)25-22(18)19/h3-11,13,25H,2,12H2,1H3. The van der Waals surface area contributed by atoms with Crippen LogP contribution in [0.4, 0.5) is 0 Å². The molecule has 0 spiro atoms. The van der Waals surface area contributed by atoms with Crippen LogP contribution in [0.1, 0.15) is 30.0 Å². The second-order valence-electron chi connectivity index (χ2n) is 6.70. The summed E-state index contributed by atoms with van der Waals surface area (Å²) in [4.78, 5) is 3.79. The molecule has 0 saturated heterocycles. The van der Waals surface area contributed by atoms with Crippen molar-refractivity contribution in [2.75, 3.05) is 0 Å². The molecule has 4 aromatic rings. The largest absolute Gasteiger partial charge is 0.353 e. The molecule has 2 heteroatoms. The lowest BCUT2D eigenvalue weighted by Crippen LogP contribution is -1.84. The Balaban J connectivity index is 1.90. The number of H-pyrrole nitrogens is 1. The van der Waals surface area contributed by atoms with Crippen LogP contribution in [-0.4, -0.2) is 4.98 Å². The summed E-state index contributed by atoms with van der Waals surface area (Å²) in [5, 5.41) is 2.65. The van der Waals surface area contributed by atoms with Gasteiger partial charge in [-0.3, -0.25) is 0 Å². The van der Waals surface area contributed by atoms with E-state index in [0.717, 1.165) is 12.8 Å². The topological polar surface area (TPSA) is 15.8 Å². The van der Waals surface area contributed by atoms with E-state index in [2.05, 4.69) is 93.2 Å². The van der Waals surface area contributed by atoms with Gasteiger partial charge in [0.2, 0.25) is 0 Å². The van der Waals surface area contributed by atoms with Crippen molar-refractivity contribution < 1.29 is 0 Å². The van der Waals surface area contributed by atoms with Gasteiger partial charge >= 0.3 is 0 Å². The van der Waals surface area contributed by atoms with Gasteiger partial charge < -0.3 is 4.98 Å². The van der Waals surface area contributed by atoms with Crippen molar-refractivity contribution in [3.8, 4) is 11.1 Å². The molecule has 0 bridgehead atoms. The minimum Gasteiger partial charge on any atom is -0.353 e. The second-order valence-corrected chi connectivity index (χ2v) is 7.32. The first-order valence-corrected chi connectivity index (χ1v) is 10.0. The van der Waals surface area contributed by atoms with E-state index in [0.29, 0.717) is 0 Å². The zero-order valence-electron chi connectivity index (χ0n) is 14.1. The first kappa shape index (κ1) is 15.2. The molecule has 0 amide bonds. The molecule has 122 valence electrons. The Labute approximate surface area is 160 Å². The third kappa shape index (κ3) is 2.13. The van der Waals surface area contributed by atoms with Gasteiger partial charge in [-0.05, 0) is 39.2 Å². The van der Waals surface area contributed by atoms with Gasteiger partial charge in [-0.1, -0.05) is 84.1 Å². The summed E-state index contributed by atoms with van der Waals surface area (Å²) in [5.41, 5.74) is 10.9. The van der Waals surface area contributed by atoms with E-state index in [-0.39, 0.29) is 0 Å². The van der Waals surface area contributed by atoms with Gasteiger partial charge in [0, 0.05) is 21.9 Å². The Morgan fingerprint density at radius 2 is 1.80 bits per heavy atom. The summed E-state index contributed by atoms with van der Waals surface area (Å²) in [6.07, 6.45) is 2.08. The maximum Gasteiger partial charge on any atom is 0.0547 e. The summed E-state index contributed by atoms with van der Waals surface area (Å²) in [7, 11) is 0. The van der Waals surface area contributed by atoms with Crippen LogP contribution in [-0.2, 0) is 6.42 Å². The average Bonchev–Trinajstić information content (AvgIpc) is 3.21. The van der Waals surface area contributed by atoms with Gasteiger partial charge in [0.25, 0.3) is 0 Å². The third-order valence-electron chi connectivity index (χ3n) is 5.42. The van der Waals surface area contributed by atoms with Crippen molar-refractivity contribution in [3.63, 3.8) is 0 Å². The van der Waals surface area contributed by atoms with E-state index >= 15 is 0 Å². The Kier molecular flexibility index (Phi) is 3.49. The highest BCUT2D eigenvalue weighted by molar-refractivity contribution is 14.1. The molecule has 0 atom stereocenters. The smallest absolute Gasteiger partial charge is 0.0547 e. The minimum atomic E-state index is 1.04. The third-order valence-corrected chi connectivity index (χ3v) is 6.17. The number of hydrogen-bond acceptors (Lipinski definition) is 0. The summed E-state index contributed by atoms with van der Waals surface area (Å²) in [6.45, 7) is 2.22. The van der Waals surface area contributed by atoms with Crippen molar-refractivity contribution >= 4 is 50.0 Å². The van der Waals surface area contributed by atoms with Crippen LogP contribution in [0.2, 0.25) is 0 Å². The quantitative estimate of drug-likeness (QED) is 0.285. The van der Waals surface area contributed by atoms with Crippen LogP contribution in [0.5, 0.6) is 0 Å². The molecule has 1 aliphatic rings. The Morgan fingerprint density at radius 1 is 0.960 bits per heavy atom. The summed E-state index contributed by atoms with van der Waals surface area (Å²) < 4.78 is 2.21. The van der Waals surface area contributed by atoms with Crippen molar-refractivity contribution in [1.82, 2.24) is 4.98 Å². The molecule has 0 fully saturated rings. The van der Waals surface area contributed by atoms with E-state index < -0.39 is 0 Å². The molecule has 0 radical (unpaired) electrons. The Morgan fingerprint density at radius 3 is 2.64 bits per heavy atom. The summed E-state index contributed by atoms with van der Waals surface area (Å²) >= 11 is 2.36. The monoisotopic (exact) mass is 435 g/mol. The molecule has 0 saturated carbocycles. The summed E-state index contributed by atoms with van der Waals surface area (Å²) in [6, 6.07) is 20.1. The number of halogens is 1. The molecular formula is C23H18IN. The van der Waals surface area contributed by atoms with E-state index in [4.69, 9.17) is 0 Å². The molecule has 1 N–H and O–H groups in total. The Hall–Kier alpha value is -2.07. The van der Waals surface area contributed by atoms with Crippen molar-refractivity contribution in [2.45, 2.75) is 19.8 Å². The molecule has 25 heavy (non-hydrogen) atoms. The molecule has 3 aromatic carbocycles. The van der Waals surface area contributed by atoms with Crippen molar-refractivity contribution in [3.05, 3.63) is 75.4 Å². The highest BCUT2D eigenvalue weighted by Crippen LogP contribution is 2.43. The molecule has 1 nitrogen and oxygen atoms in total. The zero-order valence-corrected chi connectivity index (χ0v) is 16.2. The van der Waals surface area contributed by atoms with Crippen LogP contribution in [0, 0.1) is 0 Å².